The van der Waals surface area contributed by atoms with E-state index in [1.54, 1.807) is 0 Å². The molecule has 1 aromatic rings. The van der Waals surface area contributed by atoms with Gasteiger partial charge in [-0.2, -0.15) is 0 Å². The van der Waals surface area contributed by atoms with Crippen molar-refractivity contribution in [3.8, 4) is 0 Å². The minimum atomic E-state index is 0.110. The molecule has 0 spiro atoms. The van der Waals surface area contributed by atoms with Crippen molar-refractivity contribution in [1.82, 2.24) is 5.32 Å². The molecule has 0 aliphatic carbocycles. The van der Waals surface area contributed by atoms with Crippen LogP contribution < -0.4 is 5.32 Å². The molecule has 0 amide bonds. The molecule has 1 aliphatic heterocycles. The SMILES string of the molecule is CCC1(CC)CC(C(=O)c2ccccc2)CC(CC)(CC)N1. The summed E-state index contributed by atoms with van der Waals surface area (Å²) in [5.41, 5.74) is 1.09. The number of piperidine rings is 1. The van der Waals surface area contributed by atoms with Gasteiger partial charge in [0, 0.05) is 22.6 Å². The first kappa shape index (κ1) is 17.2. The number of carbonyl (C=O) groups excluding carboxylic acids is 1. The van der Waals surface area contributed by atoms with Crippen LogP contribution in [-0.2, 0) is 0 Å². The lowest BCUT2D eigenvalue weighted by molar-refractivity contribution is 0.0536. The number of benzene rings is 1. The summed E-state index contributed by atoms with van der Waals surface area (Å²) >= 11 is 0. The van der Waals surface area contributed by atoms with Crippen LogP contribution in [0.1, 0.15) is 76.6 Å². The van der Waals surface area contributed by atoms with Crippen LogP contribution in [0.3, 0.4) is 0 Å². The summed E-state index contributed by atoms with van der Waals surface area (Å²) in [7, 11) is 0. The molecule has 1 aromatic carbocycles. The third-order valence-electron chi connectivity index (χ3n) is 5.94. The number of nitrogens with one attached hydrogen (secondary N) is 1. The van der Waals surface area contributed by atoms with E-state index in [2.05, 4.69) is 33.0 Å². The van der Waals surface area contributed by atoms with Gasteiger partial charge in [-0.3, -0.25) is 4.79 Å². The van der Waals surface area contributed by atoms with Crippen molar-refractivity contribution in [3.05, 3.63) is 35.9 Å². The van der Waals surface area contributed by atoms with Crippen LogP contribution in [-0.4, -0.2) is 16.9 Å². The molecule has 0 aromatic heterocycles. The van der Waals surface area contributed by atoms with Crippen LogP contribution in [0.5, 0.6) is 0 Å². The van der Waals surface area contributed by atoms with Gasteiger partial charge in [-0.05, 0) is 38.5 Å². The van der Waals surface area contributed by atoms with E-state index in [9.17, 15) is 4.79 Å². The molecule has 2 nitrogen and oxygen atoms in total. The zero-order valence-electron chi connectivity index (χ0n) is 14.6. The smallest absolute Gasteiger partial charge is 0.166 e. The Morgan fingerprint density at radius 3 is 1.82 bits per heavy atom. The third kappa shape index (κ3) is 3.27. The van der Waals surface area contributed by atoms with Crippen LogP contribution in [0.2, 0.25) is 0 Å². The molecule has 122 valence electrons. The second-order valence-electron chi connectivity index (χ2n) is 6.94. The highest BCUT2D eigenvalue weighted by Crippen LogP contribution is 2.41. The molecule has 1 fully saturated rings. The first-order valence-electron chi connectivity index (χ1n) is 8.92. The van der Waals surface area contributed by atoms with Gasteiger partial charge in [0.1, 0.15) is 0 Å². The topological polar surface area (TPSA) is 29.1 Å². The molecular formula is C20H31NO. The van der Waals surface area contributed by atoms with E-state index >= 15 is 0 Å². The normalized spacial score (nSPS) is 20.7. The van der Waals surface area contributed by atoms with E-state index < -0.39 is 0 Å². The van der Waals surface area contributed by atoms with Crippen LogP contribution >= 0.6 is 0 Å². The van der Waals surface area contributed by atoms with E-state index in [-0.39, 0.29) is 17.0 Å². The second-order valence-corrected chi connectivity index (χ2v) is 6.94. The van der Waals surface area contributed by atoms with Gasteiger partial charge in [0.05, 0.1) is 0 Å². The molecule has 0 bridgehead atoms. The quantitative estimate of drug-likeness (QED) is 0.750. The fourth-order valence-electron chi connectivity index (χ4n) is 4.13. The fraction of sp³-hybridized carbons (Fsp3) is 0.650. The van der Waals surface area contributed by atoms with Gasteiger partial charge in [-0.1, -0.05) is 58.0 Å². The summed E-state index contributed by atoms with van der Waals surface area (Å²) in [5.74, 6) is 0.475. The summed E-state index contributed by atoms with van der Waals surface area (Å²) in [6.45, 7) is 9.01. The summed E-state index contributed by atoms with van der Waals surface area (Å²) in [6, 6.07) is 9.83. The van der Waals surface area contributed by atoms with E-state index in [0.717, 1.165) is 44.1 Å². The monoisotopic (exact) mass is 301 g/mol. The van der Waals surface area contributed by atoms with Crippen molar-refractivity contribution >= 4 is 5.78 Å². The zero-order chi connectivity index (χ0) is 16.2. The van der Waals surface area contributed by atoms with Crippen LogP contribution in [0.15, 0.2) is 30.3 Å². The van der Waals surface area contributed by atoms with Gasteiger partial charge in [0.2, 0.25) is 0 Å². The minimum absolute atomic E-state index is 0.110. The predicted octanol–water partition coefficient (Wildman–Crippen LogP) is 4.99. The Hall–Kier alpha value is -1.15. The molecule has 1 N–H and O–H groups in total. The summed E-state index contributed by atoms with van der Waals surface area (Å²) in [5, 5.41) is 3.96. The Morgan fingerprint density at radius 1 is 0.955 bits per heavy atom. The Labute approximate surface area is 135 Å². The maximum atomic E-state index is 13.0. The van der Waals surface area contributed by atoms with Crippen LogP contribution in [0, 0.1) is 5.92 Å². The number of hydrogen-bond acceptors (Lipinski definition) is 2. The van der Waals surface area contributed by atoms with Gasteiger partial charge >= 0.3 is 0 Å². The van der Waals surface area contributed by atoms with E-state index in [0.29, 0.717) is 5.78 Å². The molecule has 1 heterocycles. The van der Waals surface area contributed by atoms with E-state index in [4.69, 9.17) is 0 Å². The fourth-order valence-corrected chi connectivity index (χ4v) is 4.13. The molecule has 0 unspecified atom stereocenters. The van der Waals surface area contributed by atoms with E-state index in [1.807, 2.05) is 30.3 Å². The first-order valence-corrected chi connectivity index (χ1v) is 8.92. The summed E-state index contributed by atoms with van der Waals surface area (Å²) < 4.78 is 0. The lowest BCUT2D eigenvalue weighted by Crippen LogP contribution is -2.63. The largest absolute Gasteiger partial charge is 0.306 e. The number of carbonyl (C=O) groups is 1. The maximum absolute atomic E-state index is 13.0. The molecule has 22 heavy (non-hydrogen) atoms. The standard InChI is InChI=1S/C20H31NO/c1-5-19(6-2)14-17(15-20(7-3,8-4)21-19)18(22)16-12-10-9-11-13-16/h9-13,17,21H,5-8,14-15H2,1-4H3. The minimum Gasteiger partial charge on any atom is -0.306 e. The van der Waals surface area contributed by atoms with Gasteiger partial charge in [-0.15, -0.1) is 0 Å². The average Bonchev–Trinajstić information content (AvgIpc) is 2.61. The number of ketones is 1. The van der Waals surface area contributed by atoms with Crippen LogP contribution in [0.4, 0.5) is 0 Å². The molecule has 0 saturated carbocycles. The second kappa shape index (κ2) is 6.95. The van der Waals surface area contributed by atoms with Crippen molar-refractivity contribution in [1.29, 1.82) is 0 Å². The van der Waals surface area contributed by atoms with E-state index in [1.165, 1.54) is 0 Å². The van der Waals surface area contributed by atoms with Crippen molar-refractivity contribution in [2.24, 2.45) is 5.92 Å². The highest BCUT2D eigenvalue weighted by Gasteiger charge is 2.46. The molecule has 0 radical (unpaired) electrons. The Balaban J connectivity index is 2.32. The highest BCUT2D eigenvalue weighted by molar-refractivity contribution is 5.98. The first-order chi connectivity index (χ1) is 10.5. The van der Waals surface area contributed by atoms with Gasteiger partial charge in [0.15, 0.2) is 5.78 Å². The van der Waals surface area contributed by atoms with Gasteiger partial charge in [0.25, 0.3) is 0 Å². The molecule has 2 heteroatoms. The summed E-state index contributed by atoms with van der Waals surface area (Å²) in [6.07, 6.45) is 6.28. The number of hydrogen-bond donors (Lipinski definition) is 1. The lowest BCUT2D eigenvalue weighted by Gasteiger charge is -2.51. The predicted molar refractivity (Wildman–Crippen MR) is 93.3 cm³/mol. The van der Waals surface area contributed by atoms with Crippen molar-refractivity contribution in [2.75, 3.05) is 0 Å². The molecule has 0 atom stereocenters. The van der Waals surface area contributed by atoms with Gasteiger partial charge < -0.3 is 5.32 Å². The lowest BCUT2D eigenvalue weighted by atomic mass is 9.67. The number of rotatable bonds is 6. The molecule has 1 aliphatic rings. The van der Waals surface area contributed by atoms with Crippen LogP contribution in [0.25, 0.3) is 0 Å². The molecule has 2 rings (SSSR count). The highest BCUT2D eigenvalue weighted by atomic mass is 16.1. The Morgan fingerprint density at radius 2 is 1.41 bits per heavy atom. The van der Waals surface area contributed by atoms with Crippen molar-refractivity contribution in [2.45, 2.75) is 77.3 Å². The van der Waals surface area contributed by atoms with Gasteiger partial charge in [-0.25, -0.2) is 0 Å². The third-order valence-corrected chi connectivity index (χ3v) is 5.94. The molecular weight excluding hydrogens is 270 g/mol. The average molecular weight is 301 g/mol. The van der Waals surface area contributed by atoms with Crippen molar-refractivity contribution in [3.63, 3.8) is 0 Å². The number of Topliss-reactive ketones (excluding diaryl/α,β-unsaturated/α-hetero) is 1. The summed E-state index contributed by atoms with van der Waals surface area (Å²) in [4.78, 5) is 13.0. The molecule has 1 saturated heterocycles. The maximum Gasteiger partial charge on any atom is 0.166 e. The Bertz CT molecular complexity index is 466. The van der Waals surface area contributed by atoms with Crippen molar-refractivity contribution < 1.29 is 4.79 Å². The Kier molecular flexibility index (Phi) is 5.44. The zero-order valence-corrected chi connectivity index (χ0v) is 14.6.